The minimum Gasteiger partial charge on any atom is -0.495 e. The van der Waals surface area contributed by atoms with Gasteiger partial charge in [0.15, 0.2) is 0 Å². The van der Waals surface area contributed by atoms with E-state index >= 15 is 0 Å². The molecule has 10 heteroatoms. The van der Waals surface area contributed by atoms with Crippen molar-refractivity contribution in [3.63, 3.8) is 0 Å². The molecule has 1 aliphatic heterocycles. The van der Waals surface area contributed by atoms with Crippen LogP contribution in [0.1, 0.15) is 15.9 Å². The van der Waals surface area contributed by atoms with Crippen molar-refractivity contribution in [2.24, 2.45) is 0 Å². The summed E-state index contributed by atoms with van der Waals surface area (Å²) in [4.78, 5) is 17.6. The number of methoxy groups -OCH3 is 1. The van der Waals surface area contributed by atoms with E-state index in [1.807, 2.05) is 36.4 Å². The topological polar surface area (TPSA) is 91.0 Å². The second-order valence-electron chi connectivity index (χ2n) is 8.89. The van der Waals surface area contributed by atoms with Gasteiger partial charge >= 0.3 is 0 Å². The van der Waals surface area contributed by atoms with Gasteiger partial charge in [0.2, 0.25) is 10.0 Å². The number of benzene rings is 3. The summed E-state index contributed by atoms with van der Waals surface area (Å²) >= 11 is 0. The molecule has 1 saturated heterocycles. The Hall–Kier alpha value is -3.27. The van der Waals surface area contributed by atoms with Gasteiger partial charge in [0.1, 0.15) is 5.75 Å². The fourth-order valence-corrected chi connectivity index (χ4v) is 5.00. The third-order valence-corrected chi connectivity index (χ3v) is 6.81. The average Bonchev–Trinajstić information content (AvgIpc) is 2.88. The molecular weight excluding hydrogens is 512 g/mol. The van der Waals surface area contributed by atoms with Crippen molar-refractivity contribution in [2.75, 3.05) is 49.2 Å². The van der Waals surface area contributed by atoms with Gasteiger partial charge in [0.25, 0.3) is 5.91 Å². The van der Waals surface area contributed by atoms with Crippen LogP contribution in [0.4, 0.5) is 11.4 Å². The lowest BCUT2D eigenvalue weighted by Crippen LogP contribution is -2.56. The van der Waals surface area contributed by atoms with E-state index in [0.717, 1.165) is 43.9 Å². The second kappa shape index (κ2) is 12.8. The van der Waals surface area contributed by atoms with E-state index in [0.29, 0.717) is 17.8 Å². The number of sulfonamides is 1. The molecule has 3 aromatic carbocycles. The summed E-state index contributed by atoms with van der Waals surface area (Å²) in [5.74, 6) is 0.634. The molecule has 1 aliphatic rings. The molecule has 1 heterocycles. The molecule has 198 valence electrons. The normalized spacial score (nSPS) is 15.9. The average molecular weight is 545 g/mol. The Bertz CT molecular complexity index is 1270. The van der Waals surface area contributed by atoms with E-state index in [4.69, 9.17) is 4.74 Å². The van der Waals surface area contributed by atoms with Crippen molar-refractivity contribution in [3.05, 3.63) is 90.0 Å². The number of ether oxygens (including phenoxy) is 1. The zero-order valence-electron chi connectivity index (χ0n) is 21.0. The Morgan fingerprint density at radius 1 is 0.973 bits per heavy atom. The molecule has 3 aromatic rings. The SMILES string of the molecule is COc1ccccc1N1CCN(Cc2ccccc2)C(CNC(=O)c2ccc(NS(C)(=O)=O)cc2)C1.Cl. The summed E-state index contributed by atoms with van der Waals surface area (Å²) in [5.41, 5.74) is 3.17. The van der Waals surface area contributed by atoms with Crippen LogP contribution in [0.15, 0.2) is 78.9 Å². The number of nitrogens with one attached hydrogen (secondary N) is 2. The lowest BCUT2D eigenvalue weighted by Gasteiger charge is -2.43. The van der Waals surface area contributed by atoms with E-state index in [1.54, 1.807) is 31.4 Å². The van der Waals surface area contributed by atoms with E-state index in [1.165, 1.54) is 5.56 Å². The third-order valence-electron chi connectivity index (χ3n) is 6.21. The van der Waals surface area contributed by atoms with Crippen molar-refractivity contribution >= 4 is 39.7 Å². The number of piperazine rings is 1. The Morgan fingerprint density at radius 2 is 1.65 bits per heavy atom. The van der Waals surface area contributed by atoms with E-state index < -0.39 is 10.0 Å². The maximum atomic E-state index is 12.9. The van der Waals surface area contributed by atoms with Gasteiger partial charge in [-0.25, -0.2) is 8.42 Å². The molecule has 0 radical (unpaired) electrons. The zero-order chi connectivity index (χ0) is 25.5. The van der Waals surface area contributed by atoms with Crippen LogP contribution >= 0.6 is 12.4 Å². The van der Waals surface area contributed by atoms with Gasteiger partial charge in [-0.1, -0.05) is 42.5 Å². The number of halogens is 1. The van der Waals surface area contributed by atoms with E-state index in [9.17, 15) is 13.2 Å². The number of rotatable bonds is 9. The Labute approximate surface area is 225 Å². The number of hydrogen-bond donors (Lipinski definition) is 2. The highest BCUT2D eigenvalue weighted by Gasteiger charge is 2.29. The van der Waals surface area contributed by atoms with Gasteiger partial charge in [-0.15, -0.1) is 12.4 Å². The van der Waals surface area contributed by atoms with Gasteiger partial charge in [0, 0.05) is 50.0 Å². The highest BCUT2D eigenvalue weighted by molar-refractivity contribution is 7.92. The number of amides is 1. The minimum atomic E-state index is -3.37. The third kappa shape index (κ3) is 7.85. The summed E-state index contributed by atoms with van der Waals surface area (Å²) in [5, 5.41) is 3.08. The molecule has 1 amide bonds. The number of anilines is 2. The van der Waals surface area contributed by atoms with Crippen LogP contribution < -0.4 is 19.7 Å². The molecule has 0 aliphatic carbocycles. The quantitative estimate of drug-likeness (QED) is 0.428. The molecule has 2 N–H and O–H groups in total. The maximum absolute atomic E-state index is 12.9. The highest BCUT2D eigenvalue weighted by Crippen LogP contribution is 2.30. The lowest BCUT2D eigenvalue weighted by atomic mass is 10.1. The largest absolute Gasteiger partial charge is 0.495 e. The van der Waals surface area contributed by atoms with Crippen LogP contribution in [0.5, 0.6) is 5.75 Å². The molecule has 0 bridgehead atoms. The molecule has 8 nitrogen and oxygen atoms in total. The number of hydrogen-bond acceptors (Lipinski definition) is 6. The first-order valence-electron chi connectivity index (χ1n) is 11.8. The zero-order valence-corrected chi connectivity index (χ0v) is 22.6. The molecule has 1 fully saturated rings. The van der Waals surface area contributed by atoms with Crippen molar-refractivity contribution in [3.8, 4) is 5.75 Å². The van der Waals surface area contributed by atoms with Gasteiger partial charge < -0.3 is 15.0 Å². The molecule has 1 atom stereocenters. The monoisotopic (exact) mass is 544 g/mol. The van der Waals surface area contributed by atoms with Gasteiger partial charge in [0.05, 0.1) is 19.1 Å². The van der Waals surface area contributed by atoms with Crippen molar-refractivity contribution in [2.45, 2.75) is 12.6 Å². The van der Waals surface area contributed by atoms with Gasteiger partial charge in [-0.3, -0.25) is 14.4 Å². The number of nitrogens with zero attached hydrogens (tertiary/aromatic N) is 2. The Morgan fingerprint density at radius 3 is 2.32 bits per heavy atom. The Balaban J connectivity index is 0.00000380. The van der Waals surface area contributed by atoms with E-state index in [-0.39, 0.29) is 24.4 Å². The predicted octanol–water partition coefficient (Wildman–Crippen LogP) is 3.61. The maximum Gasteiger partial charge on any atom is 0.251 e. The van der Waals surface area contributed by atoms with Crippen LogP contribution in [0.3, 0.4) is 0 Å². The molecule has 0 aromatic heterocycles. The molecular formula is C27H33ClN4O4S. The Kier molecular flexibility index (Phi) is 9.79. The minimum absolute atomic E-state index is 0. The summed E-state index contributed by atoms with van der Waals surface area (Å²) < 4.78 is 30.8. The summed E-state index contributed by atoms with van der Waals surface area (Å²) in [6.45, 7) is 3.71. The van der Waals surface area contributed by atoms with Crippen LogP contribution in [-0.4, -0.2) is 64.8 Å². The predicted molar refractivity (Wildman–Crippen MR) is 150 cm³/mol. The second-order valence-corrected chi connectivity index (χ2v) is 10.6. The number of para-hydroxylation sites is 2. The molecule has 1 unspecified atom stereocenters. The standard InChI is InChI=1S/C27H32N4O4S.ClH/c1-35-26-11-7-6-10-25(26)31-17-16-30(19-21-8-4-3-5-9-21)24(20-31)18-28-27(32)22-12-14-23(15-13-22)29-36(2,33)34;/h3-15,24,29H,16-20H2,1-2H3,(H,28,32);1H. The highest BCUT2D eigenvalue weighted by atomic mass is 35.5. The molecule has 0 spiro atoms. The first kappa shape index (κ1) is 28.3. The van der Waals surface area contributed by atoms with Crippen LogP contribution in [0.25, 0.3) is 0 Å². The fraction of sp³-hybridized carbons (Fsp3) is 0.296. The van der Waals surface area contributed by atoms with Crippen molar-refractivity contribution in [1.29, 1.82) is 0 Å². The smallest absolute Gasteiger partial charge is 0.251 e. The van der Waals surface area contributed by atoms with Gasteiger partial charge in [-0.05, 0) is 42.0 Å². The van der Waals surface area contributed by atoms with E-state index in [2.05, 4.69) is 38.0 Å². The molecule has 37 heavy (non-hydrogen) atoms. The lowest BCUT2D eigenvalue weighted by molar-refractivity contribution is 0.0924. The summed E-state index contributed by atoms with van der Waals surface area (Å²) in [6.07, 6.45) is 1.09. The van der Waals surface area contributed by atoms with Crippen molar-refractivity contribution < 1.29 is 17.9 Å². The van der Waals surface area contributed by atoms with Crippen molar-refractivity contribution in [1.82, 2.24) is 10.2 Å². The van der Waals surface area contributed by atoms with Crippen LogP contribution in [0, 0.1) is 0 Å². The van der Waals surface area contributed by atoms with Crippen LogP contribution in [0.2, 0.25) is 0 Å². The van der Waals surface area contributed by atoms with Gasteiger partial charge in [-0.2, -0.15) is 0 Å². The number of carbonyl (C=O) groups is 1. The summed E-state index contributed by atoms with van der Waals surface area (Å²) in [6, 6.07) is 24.8. The summed E-state index contributed by atoms with van der Waals surface area (Å²) in [7, 11) is -1.69. The molecule has 0 saturated carbocycles. The molecule has 4 rings (SSSR count). The van der Waals surface area contributed by atoms with Crippen LogP contribution in [-0.2, 0) is 16.6 Å². The fourth-order valence-electron chi connectivity index (χ4n) is 4.44. The number of carbonyl (C=O) groups excluding carboxylic acids is 1. The first-order valence-corrected chi connectivity index (χ1v) is 13.7. The first-order chi connectivity index (χ1) is 17.3.